The zero-order chi connectivity index (χ0) is 22.4. The van der Waals surface area contributed by atoms with E-state index >= 15 is 0 Å². The van der Waals surface area contributed by atoms with Gasteiger partial charge in [0.2, 0.25) is 0 Å². The molecule has 2 aliphatic rings. The molecule has 0 aromatic heterocycles. The smallest absolute Gasteiger partial charge is 0.150 e. The fraction of sp³-hybridized carbons (Fsp3) is 0.429. The Morgan fingerprint density at radius 3 is 2.19 bits per heavy atom. The lowest BCUT2D eigenvalue weighted by Gasteiger charge is -2.41. The molecule has 7 atom stereocenters. The number of benzene rings is 2. The van der Waals surface area contributed by atoms with Crippen molar-refractivity contribution in [3.8, 4) is 23.0 Å². The number of ether oxygens (including phenoxy) is 2. The molecule has 0 spiro atoms. The number of hydrogen-bond acceptors (Lipinski definition) is 10. The van der Waals surface area contributed by atoms with E-state index in [1.807, 2.05) is 0 Å². The fourth-order valence-electron chi connectivity index (χ4n) is 4.10. The highest BCUT2D eigenvalue weighted by Crippen LogP contribution is 2.49. The molecule has 0 amide bonds. The molecule has 2 aromatic rings. The van der Waals surface area contributed by atoms with Gasteiger partial charge in [0.25, 0.3) is 0 Å². The van der Waals surface area contributed by atoms with E-state index < -0.39 is 60.8 Å². The molecular weight excluding hydrogens is 412 g/mol. The number of rotatable bonds is 3. The summed E-state index contributed by atoms with van der Waals surface area (Å²) in [4.78, 5) is 0. The van der Waals surface area contributed by atoms with Crippen LogP contribution < -0.4 is 4.74 Å². The number of fused-ring (bicyclic) bond motifs is 1. The highest BCUT2D eigenvalue weighted by Gasteiger charge is 2.46. The predicted octanol–water partition coefficient (Wildman–Crippen LogP) is -0.645. The minimum absolute atomic E-state index is 0.0499. The molecule has 1 saturated heterocycles. The fourth-order valence-corrected chi connectivity index (χ4v) is 4.10. The maximum absolute atomic E-state index is 10.8. The van der Waals surface area contributed by atoms with Gasteiger partial charge in [0.1, 0.15) is 59.6 Å². The van der Waals surface area contributed by atoms with Gasteiger partial charge < -0.3 is 50.3 Å². The van der Waals surface area contributed by atoms with Crippen molar-refractivity contribution in [1.82, 2.24) is 0 Å². The Balaban J connectivity index is 1.70. The quantitative estimate of drug-likeness (QED) is 0.308. The lowest BCUT2D eigenvalue weighted by atomic mass is 9.87. The number of aliphatic hydroxyl groups excluding tert-OH is 5. The van der Waals surface area contributed by atoms with Gasteiger partial charge in [0.05, 0.1) is 18.3 Å². The first-order valence-corrected chi connectivity index (χ1v) is 9.74. The van der Waals surface area contributed by atoms with Crippen molar-refractivity contribution in [3.63, 3.8) is 0 Å². The molecule has 1 fully saturated rings. The lowest BCUT2D eigenvalue weighted by molar-refractivity contribution is -0.232. The van der Waals surface area contributed by atoms with Crippen LogP contribution in [0.5, 0.6) is 23.0 Å². The molecular formula is C21H24O10. The molecule has 0 radical (unpaired) electrons. The average molecular weight is 436 g/mol. The van der Waals surface area contributed by atoms with Gasteiger partial charge in [-0.2, -0.15) is 0 Å². The van der Waals surface area contributed by atoms with Crippen LogP contribution in [0.3, 0.4) is 0 Å². The third-order valence-electron chi connectivity index (χ3n) is 5.80. The molecule has 10 nitrogen and oxygen atoms in total. The van der Waals surface area contributed by atoms with Crippen LogP contribution in [0, 0.1) is 0 Å². The third kappa shape index (κ3) is 3.67. The number of phenolic OH excluding ortho intramolecular Hbond substituents is 3. The highest BCUT2D eigenvalue weighted by molar-refractivity contribution is 5.58. The Kier molecular flexibility index (Phi) is 5.69. The van der Waals surface area contributed by atoms with E-state index in [0.717, 1.165) is 0 Å². The van der Waals surface area contributed by atoms with Crippen molar-refractivity contribution in [1.29, 1.82) is 0 Å². The molecule has 10 heteroatoms. The van der Waals surface area contributed by atoms with E-state index in [-0.39, 0.29) is 29.0 Å². The molecule has 0 aliphatic carbocycles. The van der Waals surface area contributed by atoms with Crippen LogP contribution in [0.4, 0.5) is 0 Å². The Bertz CT molecular complexity index is 944. The van der Waals surface area contributed by atoms with Crippen LogP contribution in [-0.2, 0) is 11.2 Å². The highest BCUT2D eigenvalue weighted by atomic mass is 16.5. The molecule has 168 valence electrons. The predicted molar refractivity (Wildman–Crippen MR) is 104 cm³/mol. The van der Waals surface area contributed by atoms with Gasteiger partial charge in [-0.15, -0.1) is 0 Å². The van der Waals surface area contributed by atoms with Crippen LogP contribution in [0.15, 0.2) is 30.3 Å². The number of phenols is 3. The summed E-state index contributed by atoms with van der Waals surface area (Å²) >= 11 is 0. The summed E-state index contributed by atoms with van der Waals surface area (Å²) in [6.07, 6.45) is -9.60. The van der Waals surface area contributed by atoms with Crippen LogP contribution >= 0.6 is 0 Å². The monoisotopic (exact) mass is 436 g/mol. The van der Waals surface area contributed by atoms with Crippen molar-refractivity contribution in [2.75, 3.05) is 6.61 Å². The number of aliphatic hydroxyl groups is 5. The van der Waals surface area contributed by atoms with Crippen LogP contribution in [0.25, 0.3) is 0 Å². The van der Waals surface area contributed by atoms with E-state index in [2.05, 4.69) is 0 Å². The van der Waals surface area contributed by atoms with Crippen LogP contribution in [-0.4, -0.2) is 78.0 Å². The third-order valence-corrected chi connectivity index (χ3v) is 5.80. The molecule has 8 N–H and O–H groups in total. The SMILES string of the molecule is OCC1OC(c2c(O)cc3c(c2O)CC(O)C(c2ccc(O)cc2)O3)C(O)C(O)C1O. The van der Waals surface area contributed by atoms with Crippen molar-refractivity contribution in [2.45, 2.75) is 49.1 Å². The van der Waals surface area contributed by atoms with Crippen molar-refractivity contribution in [3.05, 3.63) is 47.0 Å². The van der Waals surface area contributed by atoms with Crippen LogP contribution in [0.2, 0.25) is 0 Å². The van der Waals surface area contributed by atoms with Gasteiger partial charge in [-0.3, -0.25) is 0 Å². The van der Waals surface area contributed by atoms with E-state index in [0.29, 0.717) is 5.56 Å². The second-order valence-corrected chi connectivity index (χ2v) is 7.79. The standard InChI is InChI=1S/C21H24O10/c22-7-14-17(27)18(28)19(29)21(31-14)15-11(24)6-13-10(16(15)26)5-12(25)20(30-13)8-1-3-9(23)4-2-8/h1-4,6,12,14,17-29H,5,7H2. The lowest BCUT2D eigenvalue weighted by Crippen LogP contribution is -2.55. The Morgan fingerprint density at radius 2 is 1.55 bits per heavy atom. The Hall–Kier alpha value is -2.60. The van der Waals surface area contributed by atoms with Gasteiger partial charge in [0, 0.05) is 18.1 Å². The summed E-state index contributed by atoms with van der Waals surface area (Å²) in [5, 5.41) is 81.1. The van der Waals surface area contributed by atoms with E-state index in [1.54, 1.807) is 12.1 Å². The summed E-state index contributed by atoms with van der Waals surface area (Å²) < 4.78 is 11.2. The molecule has 2 heterocycles. The summed E-state index contributed by atoms with van der Waals surface area (Å²) in [5.74, 6) is -0.843. The zero-order valence-electron chi connectivity index (χ0n) is 16.2. The maximum atomic E-state index is 10.8. The van der Waals surface area contributed by atoms with Crippen molar-refractivity contribution < 1.29 is 50.3 Å². The molecule has 2 aliphatic heterocycles. The van der Waals surface area contributed by atoms with Gasteiger partial charge >= 0.3 is 0 Å². The van der Waals surface area contributed by atoms with Crippen molar-refractivity contribution in [2.24, 2.45) is 0 Å². The minimum atomic E-state index is -1.70. The summed E-state index contributed by atoms with van der Waals surface area (Å²) in [6, 6.07) is 7.24. The first-order chi connectivity index (χ1) is 14.7. The second kappa shape index (κ2) is 8.15. The van der Waals surface area contributed by atoms with Gasteiger partial charge in [0.15, 0.2) is 0 Å². The summed E-state index contributed by atoms with van der Waals surface area (Å²) in [5.41, 5.74) is 0.481. The Morgan fingerprint density at radius 1 is 0.871 bits per heavy atom. The minimum Gasteiger partial charge on any atom is -0.508 e. The largest absolute Gasteiger partial charge is 0.508 e. The second-order valence-electron chi connectivity index (χ2n) is 7.79. The van der Waals surface area contributed by atoms with Crippen molar-refractivity contribution >= 4 is 0 Å². The van der Waals surface area contributed by atoms with Crippen LogP contribution in [0.1, 0.15) is 28.9 Å². The summed E-state index contributed by atoms with van der Waals surface area (Å²) in [6.45, 7) is -0.663. The molecule has 0 bridgehead atoms. The topological polar surface area (TPSA) is 180 Å². The molecule has 7 unspecified atom stereocenters. The molecule has 2 aromatic carbocycles. The maximum Gasteiger partial charge on any atom is 0.150 e. The van der Waals surface area contributed by atoms with E-state index in [9.17, 15) is 40.9 Å². The number of hydrogen-bond donors (Lipinski definition) is 8. The van der Waals surface area contributed by atoms with E-state index in [1.165, 1.54) is 18.2 Å². The van der Waals surface area contributed by atoms with Gasteiger partial charge in [-0.1, -0.05) is 12.1 Å². The van der Waals surface area contributed by atoms with Gasteiger partial charge in [-0.05, 0) is 17.7 Å². The molecule has 31 heavy (non-hydrogen) atoms. The molecule has 4 rings (SSSR count). The first kappa shape index (κ1) is 21.6. The van der Waals surface area contributed by atoms with E-state index in [4.69, 9.17) is 9.47 Å². The Labute approximate surface area is 176 Å². The van der Waals surface area contributed by atoms with Gasteiger partial charge in [-0.25, -0.2) is 0 Å². The zero-order valence-corrected chi connectivity index (χ0v) is 16.2. The summed E-state index contributed by atoms with van der Waals surface area (Å²) in [7, 11) is 0. The number of aromatic hydroxyl groups is 3. The average Bonchev–Trinajstić information content (AvgIpc) is 2.74. The molecule has 0 saturated carbocycles. The first-order valence-electron chi connectivity index (χ1n) is 9.74. The normalized spacial score (nSPS) is 32.9.